The fraction of sp³-hybridized carbons (Fsp3) is 0.385. The molecule has 0 saturated heterocycles. The van der Waals surface area contributed by atoms with E-state index in [2.05, 4.69) is 24.2 Å². The third kappa shape index (κ3) is 2.56. The van der Waals surface area contributed by atoms with Gasteiger partial charge in [-0.25, -0.2) is 9.07 Å². The van der Waals surface area contributed by atoms with Crippen LogP contribution < -0.4 is 0 Å². The highest BCUT2D eigenvalue weighted by Gasteiger charge is 2.15. The molecule has 0 saturated carbocycles. The SMILES string of the molecule is CC(C)Cn1nnc(CO)c1-c1cccc(F)c1. The lowest BCUT2D eigenvalue weighted by Crippen LogP contribution is -2.08. The Balaban J connectivity index is 2.50. The van der Waals surface area contributed by atoms with Gasteiger partial charge in [-0.05, 0) is 18.1 Å². The summed E-state index contributed by atoms with van der Waals surface area (Å²) in [6, 6.07) is 6.24. The van der Waals surface area contributed by atoms with Crippen LogP contribution >= 0.6 is 0 Å². The van der Waals surface area contributed by atoms with Crippen molar-refractivity contribution in [3.05, 3.63) is 35.8 Å². The number of aliphatic hydroxyl groups is 1. The van der Waals surface area contributed by atoms with Gasteiger partial charge in [-0.1, -0.05) is 31.2 Å². The van der Waals surface area contributed by atoms with Gasteiger partial charge in [0.25, 0.3) is 0 Å². The highest BCUT2D eigenvalue weighted by atomic mass is 19.1. The highest BCUT2D eigenvalue weighted by Crippen LogP contribution is 2.23. The van der Waals surface area contributed by atoms with E-state index in [-0.39, 0.29) is 12.4 Å². The van der Waals surface area contributed by atoms with E-state index < -0.39 is 0 Å². The Kier molecular flexibility index (Phi) is 3.72. The van der Waals surface area contributed by atoms with Crippen LogP contribution in [0.4, 0.5) is 4.39 Å². The summed E-state index contributed by atoms with van der Waals surface area (Å²) in [7, 11) is 0. The van der Waals surface area contributed by atoms with Crippen molar-refractivity contribution in [1.82, 2.24) is 15.0 Å². The molecule has 4 nitrogen and oxygen atoms in total. The fourth-order valence-corrected chi connectivity index (χ4v) is 1.88. The van der Waals surface area contributed by atoms with Crippen molar-refractivity contribution < 1.29 is 9.50 Å². The Labute approximate surface area is 105 Å². The molecule has 0 fully saturated rings. The van der Waals surface area contributed by atoms with Crippen LogP contribution in [0.1, 0.15) is 19.5 Å². The summed E-state index contributed by atoms with van der Waals surface area (Å²) in [6.45, 7) is 4.61. The molecule has 0 radical (unpaired) electrons. The third-order valence-corrected chi connectivity index (χ3v) is 2.59. The molecule has 5 heteroatoms. The summed E-state index contributed by atoms with van der Waals surface area (Å²) in [5, 5.41) is 17.2. The zero-order valence-corrected chi connectivity index (χ0v) is 10.5. The first kappa shape index (κ1) is 12.7. The Morgan fingerprint density at radius 3 is 2.78 bits per heavy atom. The van der Waals surface area contributed by atoms with Gasteiger partial charge < -0.3 is 5.11 Å². The molecule has 96 valence electrons. The maximum absolute atomic E-state index is 13.3. The molecule has 0 spiro atoms. The lowest BCUT2D eigenvalue weighted by molar-refractivity contribution is 0.277. The topological polar surface area (TPSA) is 50.9 Å². The summed E-state index contributed by atoms with van der Waals surface area (Å²) in [5.41, 5.74) is 1.84. The lowest BCUT2D eigenvalue weighted by atomic mass is 10.1. The first-order valence-electron chi connectivity index (χ1n) is 5.91. The van der Waals surface area contributed by atoms with Crippen molar-refractivity contribution in [2.24, 2.45) is 5.92 Å². The Bertz CT molecular complexity index is 537. The number of aromatic nitrogens is 3. The minimum absolute atomic E-state index is 0.204. The maximum atomic E-state index is 13.3. The highest BCUT2D eigenvalue weighted by molar-refractivity contribution is 5.61. The van der Waals surface area contributed by atoms with E-state index in [0.717, 1.165) is 0 Å². The van der Waals surface area contributed by atoms with Crippen LogP contribution in [0.2, 0.25) is 0 Å². The van der Waals surface area contributed by atoms with Crippen LogP contribution in [0.3, 0.4) is 0 Å². The van der Waals surface area contributed by atoms with Gasteiger partial charge in [0.1, 0.15) is 11.5 Å². The molecule has 1 aromatic heterocycles. The van der Waals surface area contributed by atoms with E-state index in [1.807, 2.05) is 0 Å². The molecule has 0 atom stereocenters. The normalized spacial score (nSPS) is 11.2. The number of halogens is 1. The van der Waals surface area contributed by atoms with E-state index in [1.54, 1.807) is 16.8 Å². The van der Waals surface area contributed by atoms with Gasteiger partial charge in [-0.2, -0.15) is 0 Å². The number of hydrogen-bond donors (Lipinski definition) is 1. The molecule has 1 N–H and O–H groups in total. The van der Waals surface area contributed by atoms with Crippen LogP contribution in [0.5, 0.6) is 0 Å². The first-order valence-corrected chi connectivity index (χ1v) is 5.91. The number of hydrogen-bond acceptors (Lipinski definition) is 3. The molecule has 0 bridgehead atoms. The predicted octanol–water partition coefficient (Wildman–Crippen LogP) is 2.23. The van der Waals surface area contributed by atoms with Crippen LogP contribution in [0.25, 0.3) is 11.3 Å². The third-order valence-electron chi connectivity index (χ3n) is 2.59. The summed E-state index contributed by atoms with van der Waals surface area (Å²) in [4.78, 5) is 0. The molecule has 0 aliphatic rings. The van der Waals surface area contributed by atoms with Gasteiger partial charge in [-0.3, -0.25) is 0 Å². The molecular formula is C13H16FN3O. The standard InChI is InChI=1S/C13H16FN3O/c1-9(2)7-17-13(12(8-18)15-16-17)10-4-3-5-11(14)6-10/h3-6,9,18H,7-8H2,1-2H3. The van der Waals surface area contributed by atoms with Gasteiger partial charge >= 0.3 is 0 Å². The second-order valence-corrected chi connectivity index (χ2v) is 4.63. The van der Waals surface area contributed by atoms with Crippen molar-refractivity contribution in [3.8, 4) is 11.3 Å². The molecule has 0 amide bonds. The number of rotatable bonds is 4. The van der Waals surface area contributed by atoms with Gasteiger partial charge in [-0.15, -0.1) is 5.10 Å². The number of benzene rings is 1. The molecule has 0 aliphatic heterocycles. The number of nitrogens with zero attached hydrogens (tertiary/aromatic N) is 3. The summed E-state index contributed by atoms with van der Waals surface area (Å²) < 4.78 is 15.0. The largest absolute Gasteiger partial charge is 0.390 e. The first-order chi connectivity index (χ1) is 8.61. The van der Waals surface area contributed by atoms with Crippen LogP contribution in [-0.4, -0.2) is 20.1 Å². The quantitative estimate of drug-likeness (QED) is 0.904. The van der Waals surface area contributed by atoms with Crippen LogP contribution in [0.15, 0.2) is 24.3 Å². The van der Waals surface area contributed by atoms with Gasteiger partial charge in [0.2, 0.25) is 0 Å². The maximum Gasteiger partial charge on any atom is 0.123 e. The lowest BCUT2D eigenvalue weighted by Gasteiger charge is -2.09. The van der Waals surface area contributed by atoms with Crippen molar-refractivity contribution in [2.45, 2.75) is 27.0 Å². The van der Waals surface area contributed by atoms with Crippen LogP contribution in [0, 0.1) is 11.7 Å². The van der Waals surface area contributed by atoms with Crippen LogP contribution in [-0.2, 0) is 13.2 Å². The molecule has 0 aliphatic carbocycles. The van der Waals surface area contributed by atoms with Crippen molar-refractivity contribution >= 4 is 0 Å². The smallest absolute Gasteiger partial charge is 0.123 e. The summed E-state index contributed by atoms with van der Waals surface area (Å²) >= 11 is 0. The van der Waals surface area contributed by atoms with E-state index in [0.29, 0.717) is 29.4 Å². The minimum Gasteiger partial charge on any atom is -0.390 e. The van der Waals surface area contributed by atoms with Gasteiger partial charge in [0, 0.05) is 12.1 Å². The molecule has 2 rings (SSSR count). The molecule has 0 unspecified atom stereocenters. The molecule has 1 heterocycles. The zero-order valence-electron chi connectivity index (χ0n) is 10.5. The van der Waals surface area contributed by atoms with E-state index in [9.17, 15) is 9.50 Å². The number of aliphatic hydroxyl groups excluding tert-OH is 1. The monoisotopic (exact) mass is 249 g/mol. The zero-order chi connectivity index (χ0) is 13.1. The van der Waals surface area contributed by atoms with Crippen molar-refractivity contribution in [1.29, 1.82) is 0 Å². The summed E-state index contributed by atoms with van der Waals surface area (Å²) in [6.07, 6.45) is 0. The second-order valence-electron chi connectivity index (χ2n) is 4.63. The minimum atomic E-state index is -0.311. The van der Waals surface area contributed by atoms with Gasteiger partial charge in [0.15, 0.2) is 0 Å². The van der Waals surface area contributed by atoms with Crippen molar-refractivity contribution in [3.63, 3.8) is 0 Å². The molecular weight excluding hydrogens is 233 g/mol. The average molecular weight is 249 g/mol. The molecule has 2 aromatic rings. The molecule has 18 heavy (non-hydrogen) atoms. The van der Waals surface area contributed by atoms with E-state index in [1.165, 1.54) is 12.1 Å². The summed E-state index contributed by atoms with van der Waals surface area (Å²) in [5.74, 6) is 0.0826. The fourth-order valence-electron chi connectivity index (χ4n) is 1.88. The van der Waals surface area contributed by atoms with Crippen molar-refractivity contribution in [2.75, 3.05) is 0 Å². The molecule has 1 aromatic carbocycles. The average Bonchev–Trinajstić information content (AvgIpc) is 2.71. The van der Waals surface area contributed by atoms with E-state index in [4.69, 9.17) is 0 Å². The predicted molar refractivity (Wildman–Crippen MR) is 66.2 cm³/mol. The van der Waals surface area contributed by atoms with Gasteiger partial charge in [0.05, 0.1) is 12.3 Å². The van der Waals surface area contributed by atoms with E-state index >= 15 is 0 Å². The Hall–Kier alpha value is -1.75. The second kappa shape index (κ2) is 5.27. The Morgan fingerprint density at radius 1 is 1.39 bits per heavy atom. The Morgan fingerprint density at radius 2 is 2.17 bits per heavy atom.